The molecule has 0 bridgehead atoms. The molecule has 21 heavy (non-hydrogen) atoms. The average molecular weight is 293 g/mol. The Morgan fingerprint density at radius 2 is 1.95 bits per heavy atom. The van der Waals surface area contributed by atoms with Crippen LogP contribution in [0.1, 0.15) is 18.4 Å². The SMILES string of the molecule is COc1ccccc1/C=C/C[C@@H](C[C@H](N)C(=O)O)C(=O)O. The Kier molecular flexibility index (Phi) is 6.42. The highest BCUT2D eigenvalue weighted by atomic mass is 16.5. The molecule has 0 spiro atoms. The first-order valence-corrected chi connectivity index (χ1v) is 6.46. The van der Waals surface area contributed by atoms with Gasteiger partial charge in [-0.25, -0.2) is 0 Å². The van der Waals surface area contributed by atoms with Crippen molar-refractivity contribution in [2.75, 3.05) is 7.11 Å². The summed E-state index contributed by atoms with van der Waals surface area (Å²) >= 11 is 0. The maximum absolute atomic E-state index is 11.1. The number of hydrogen-bond acceptors (Lipinski definition) is 4. The van der Waals surface area contributed by atoms with E-state index in [1.54, 1.807) is 25.3 Å². The summed E-state index contributed by atoms with van der Waals surface area (Å²) in [7, 11) is 1.55. The number of carbonyl (C=O) groups is 2. The first kappa shape index (κ1) is 16.7. The fraction of sp³-hybridized carbons (Fsp3) is 0.333. The lowest BCUT2D eigenvalue weighted by Crippen LogP contribution is -2.34. The van der Waals surface area contributed by atoms with Crippen molar-refractivity contribution < 1.29 is 24.5 Å². The third-order valence-corrected chi connectivity index (χ3v) is 3.06. The van der Waals surface area contributed by atoms with Crippen LogP contribution in [0.3, 0.4) is 0 Å². The van der Waals surface area contributed by atoms with Gasteiger partial charge in [0.25, 0.3) is 0 Å². The summed E-state index contributed by atoms with van der Waals surface area (Å²) in [5.41, 5.74) is 6.20. The van der Waals surface area contributed by atoms with E-state index in [-0.39, 0.29) is 12.8 Å². The molecule has 0 aromatic heterocycles. The fourth-order valence-electron chi connectivity index (χ4n) is 1.87. The number of ether oxygens (including phenoxy) is 1. The Labute approximate surface area is 122 Å². The van der Waals surface area contributed by atoms with Crippen LogP contribution in [0.2, 0.25) is 0 Å². The minimum absolute atomic E-state index is 0.110. The van der Waals surface area contributed by atoms with Crippen LogP contribution in [0.15, 0.2) is 30.3 Å². The van der Waals surface area contributed by atoms with Gasteiger partial charge in [0.15, 0.2) is 0 Å². The highest BCUT2D eigenvalue weighted by Crippen LogP contribution is 2.20. The molecular weight excluding hydrogens is 274 g/mol. The maximum atomic E-state index is 11.1. The van der Waals surface area contributed by atoms with Gasteiger partial charge in [0.05, 0.1) is 13.0 Å². The van der Waals surface area contributed by atoms with Crippen LogP contribution in [0.5, 0.6) is 5.75 Å². The summed E-state index contributed by atoms with van der Waals surface area (Å²) in [6.45, 7) is 0. The number of hydrogen-bond donors (Lipinski definition) is 3. The standard InChI is InChI=1S/C15H19NO5/c1-21-13-8-3-2-5-10(13)6-4-7-11(14(17)18)9-12(16)15(19)20/h2-6,8,11-12H,7,9,16H2,1H3,(H,17,18)(H,19,20)/b6-4+/t11-,12-/m0/s1. The molecule has 0 heterocycles. The molecule has 0 aliphatic heterocycles. The summed E-state index contributed by atoms with van der Waals surface area (Å²) in [6.07, 6.45) is 3.53. The minimum atomic E-state index is -1.20. The Bertz CT molecular complexity index is 527. The highest BCUT2D eigenvalue weighted by Gasteiger charge is 2.23. The van der Waals surface area contributed by atoms with Crippen LogP contribution in [-0.4, -0.2) is 35.3 Å². The van der Waals surface area contributed by atoms with Gasteiger partial charge < -0.3 is 20.7 Å². The van der Waals surface area contributed by atoms with Crippen molar-refractivity contribution in [1.82, 2.24) is 0 Å². The summed E-state index contributed by atoms with van der Waals surface area (Å²) in [5.74, 6) is -2.41. The molecule has 0 fully saturated rings. The fourth-order valence-corrected chi connectivity index (χ4v) is 1.87. The normalized spacial score (nSPS) is 13.8. The van der Waals surface area contributed by atoms with Gasteiger partial charge in [0, 0.05) is 5.56 Å². The molecule has 6 nitrogen and oxygen atoms in total. The van der Waals surface area contributed by atoms with Crippen LogP contribution in [0, 0.1) is 5.92 Å². The van der Waals surface area contributed by atoms with Gasteiger partial charge in [-0.3, -0.25) is 9.59 Å². The summed E-state index contributed by atoms with van der Waals surface area (Å²) in [5, 5.41) is 17.8. The van der Waals surface area contributed by atoms with E-state index < -0.39 is 23.9 Å². The van der Waals surface area contributed by atoms with E-state index in [9.17, 15) is 9.59 Å². The van der Waals surface area contributed by atoms with Crippen LogP contribution < -0.4 is 10.5 Å². The van der Waals surface area contributed by atoms with Crippen LogP contribution in [0.25, 0.3) is 6.08 Å². The third-order valence-electron chi connectivity index (χ3n) is 3.06. The predicted octanol–water partition coefficient (Wildman–Crippen LogP) is 1.60. The van der Waals surface area contributed by atoms with Gasteiger partial charge in [-0.2, -0.15) is 0 Å². The first-order valence-electron chi connectivity index (χ1n) is 6.46. The molecule has 0 saturated carbocycles. The molecule has 0 aliphatic carbocycles. The second kappa shape index (κ2) is 8.06. The summed E-state index contributed by atoms with van der Waals surface area (Å²) in [6, 6.07) is 6.15. The molecule has 0 amide bonds. The number of nitrogens with two attached hydrogens (primary N) is 1. The van der Waals surface area contributed by atoms with Crippen molar-refractivity contribution in [2.24, 2.45) is 11.7 Å². The number of para-hydroxylation sites is 1. The lowest BCUT2D eigenvalue weighted by molar-refractivity contribution is -0.143. The van der Waals surface area contributed by atoms with Gasteiger partial charge in [0.2, 0.25) is 0 Å². The maximum Gasteiger partial charge on any atom is 0.320 e. The molecule has 1 aromatic rings. The topological polar surface area (TPSA) is 110 Å². The number of methoxy groups -OCH3 is 1. The second-order valence-corrected chi connectivity index (χ2v) is 4.60. The van der Waals surface area contributed by atoms with Gasteiger partial charge in [0.1, 0.15) is 11.8 Å². The third kappa shape index (κ3) is 5.27. The molecule has 4 N–H and O–H groups in total. The van der Waals surface area contributed by atoms with Crippen LogP contribution in [0.4, 0.5) is 0 Å². The number of carboxylic acids is 2. The lowest BCUT2D eigenvalue weighted by Gasteiger charge is -2.12. The zero-order valence-electron chi connectivity index (χ0n) is 11.7. The quantitative estimate of drug-likeness (QED) is 0.671. The smallest absolute Gasteiger partial charge is 0.320 e. The Hall–Kier alpha value is -2.34. The van der Waals surface area contributed by atoms with Gasteiger partial charge in [-0.1, -0.05) is 30.4 Å². The van der Waals surface area contributed by atoms with E-state index in [0.29, 0.717) is 5.75 Å². The molecule has 1 rings (SSSR count). The van der Waals surface area contributed by atoms with Crippen molar-refractivity contribution in [1.29, 1.82) is 0 Å². The Morgan fingerprint density at radius 3 is 2.52 bits per heavy atom. The van der Waals surface area contributed by atoms with Gasteiger partial charge >= 0.3 is 11.9 Å². The molecule has 1 aromatic carbocycles. The number of allylic oxidation sites excluding steroid dienone is 1. The molecule has 0 unspecified atom stereocenters. The van der Waals surface area contributed by atoms with Crippen LogP contribution in [-0.2, 0) is 9.59 Å². The molecule has 114 valence electrons. The van der Waals surface area contributed by atoms with Crippen molar-refractivity contribution in [3.63, 3.8) is 0 Å². The van der Waals surface area contributed by atoms with E-state index >= 15 is 0 Å². The van der Waals surface area contributed by atoms with E-state index in [1.165, 1.54) is 0 Å². The van der Waals surface area contributed by atoms with Crippen molar-refractivity contribution in [2.45, 2.75) is 18.9 Å². The van der Waals surface area contributed by atoms with E-state index in [0.717, 1.165) is 5.56 Å². The number of rotatable bonds is 8. The van der Waals surface area contributed by atoms with Crippen molar-refractivity contribution in [3.05, 3.63) is 35.9 Å². The molecule has 2 atom stereocenters. The largest absolute Gasteiger partial charge is 0.496 e. The zero-order valence-corrected chi connectivity index (χ0v) is 11.7. The second-order valence-electron chi connectivity index (χ2n) is 4.60. The molecule has 0 aliphatic rings. The molecule has 0 saturated heterocycles. The van der Waals surface area contributed by atoms with Crippen molar-refractivity contribution >= 4 is 18.0 Å². The monoisotopic (exact) mass is 293 g/mol. The van der Waals surface area contributed by atoms with E-state index in [1.807, 2.05) is 18.2 Å². The van der Waals surface area contributed by atoms with Crippen molar-refractivity contribution in [3.8, 4) is 5.75 Å². The predicted molar refractivity (Wildman–Crippen MR) is 78.0 cm³/mol. The summed E-state index contributed by atoms with van der Waals surface area (Å²) < 4.78 is 5.18. The first-order chi connectivity index (χ1) is 9.95. The van der Waals surface area contributed by atoms with Gasteiger partial charge in [-0.05, 0) is 18.9 Å². The number of carboxylic acid groups (broad SMARTS) is 2. The molecule has 0 radical (unpaired) electrons. The Morgan fingerprint density at radius 1 is 1.29 bits per heavy atom. The summed E-state index contributed by atoms with van der Waals surface area (Å²) in [4.78, 5) is 21.8. The van der Waals surface area contributed by atoms with Gasteiger partial charge in [-0.15, -0.1) is 0 Å². The average Bonchev–Trinajstić information content (AvgIpc) is 2.46. The highest BCUT2D eigenvalue weighted by molar-refractivity contribution is 5.76. The Balaban J connectivity index is 2.70. The van der Waals surface area contributed by atoms with E-state index in [4.69, 9.17) is 20.7 Å². The number of aliphatic carboxylic acids is 2. The molecular formula is C15H19NO5. The van der Waals surface area contributed by atoms with E-state index in [2.05, 4.69) is 0 Å². The lowest BCUT2D eigenvalue weighted by atomic mass is 9.96. The number of benzene rings is 1. The van der Waals surface area contributed by atoms with Crippen LogP contribution >= 0.6 is 0 Å². The zero-order chi connectivity index (χ0) is 15.8. The minimum Gasteiger partial charge on any atom is -0.496 e. The molecule has 6 heteroatoms.